The second kappa shape index (κ2) is 4.51. The molecule has 0 fully saturated rings. The highest BCUT2D eigenvalue weighted by atomic mass is 79.9. The van der Waals surface area contributed by atoms with Crippen molar-refractivity contribution in [3.63, 3.8) is 0 Å². The zero-order valence-corrected chi connectivity index (χ0v) is 11.0. The fraction of sp³-hybridized carbons (Fsp3) is 0.273. The van der Waals surface area contributed by atoms with Gasteiger partial charge in [0.15, 0.2) is 4.67 Å². The largest absolute Gasteiger partial charge is 0.457 e. The Kier molecular flexibility index (Phi) is 3.29. The summed E-state index contributed by atoms with van der Waals surface area (Å²) in [5.74, 6) is 0. The Morgan fingerprint density at radius 2 is 2.27 bits per heavy atom. The molecule has 1 atom stereocenters. The maximum Gasteiger partial charge on any atom is 0.174 e. The topological polar surface area (TPSA) is 25.2 Å². The lowest BCUT2D eigenvalue weighted by Crippen LogP contribution is -2.17. The zero-order valence-electron chi connectivity index (χ0n) is 8.58. The SMILES string of the molecule is CNC(c1ccoc1Br)c1sccc1C. The Morgan fingerprint density at radius 1 is 1.47 bits per heavy atom. The van der Waals surface area contributed by atoms with Crippen LogP contribution in [0.2, 0.25) is 0 Å². The Labute approximate surface area is 101 Å². The first-order valence-corrected chi connectivity index (χ1v) is 6.35. The number of halogens is 1. The van der Waals surface area contributed by atoms with Gasteiger partial charge < -0.3 is 9.73 Å². The predicted molar refractivity (Wildman–Crippen MR) is 66.4 cm³/mol. The van der Waals surface area contributed by atoms with E-state index in [0.29, 0.717) is 0 Å². The highest BCUT2D eigenvalue weighted by Crippen LogP contribution is 2.33. The maximum absolute atomic E-state index is 5.27. The van der Waals surface area contributed by atoms with Gasteiger partial charge in [-0.3, -0.25) is 0 Å². The van der Waals surface area contributed by atoms with Gasteiger partial charge in [-0.15, -0.1) is 11.3 Å². The van der Waals surface area contributed by atoms with E-state index in [-0.39, 0.29) is 6.04 Å². The molecule has 0 saturated heterocycles. The summed E-state index contributed by atoms with van der Waals surface area (Å²) in [4.78, 5) is 1.33. The highest BCUT2D eigenvalue weighted by molar-refractivity contribution is 9.10. The molecule has 2 rings (SSSR count). The van der Waals surface area contributed by atoms with Gasteiger partial charge in [0.25, 0.3) is 0 Å². The highest BCUT2D eigenvalue weighted by Gasteiger charge is 2.19. The number of nitrogens with one attached hydrogen (secondary N) is 1. The number of rotatable bonds is 3. The third-order valence-electron chi connectivity index (χ3n) is 2.41. The molecular formula is C11H12BrNOS. The fourth-order valence-corrected chi connectivity index (χ4v) is 3.14. The van der Waals surface area contributed by atoms with Crippen LogP contribution in [0.3, 0.4) is 0 Å². The molecular weight excluding hydrogens is 274 g/mol. The van der Waals surface area contributed by atoms with Gasteiger partial charge in [-0.05, 0) is 53.0 Å². The Balaban J connectivity index is 2.41. The third-order valence-corrected chi connectivity index (χ3v) is 4.14. The summed E-state index contributed by atoms with van der Waals surface area (Å²) in [6.07, 6.45) is 1.70. The van der Waals surface area contributed by atoms with E-state index in [2.05, 4.69) is 39.6 Å². The van der Waals surface area contributed by atoms with Crippen LogP contribution in [-0.2, 0) is 0 Å². The van der Waals surface area contributed by atoms with Crippen molar-refractivity contribution in [1.29, 1.82) is 0 Å². The molecule has 1 N–H and O–H groups in total. The van der Waals surface area contributed by atoms with Crippen molar-refractivity contribution in [3.8, 4) is 0 Å². The van der Waals surface area contributed by atoms with E-state index in [1.165, 1.54) is 10.4 Å². The lowest BCUT2D eigenvalue weighted by atomic mass is 10.1. The summed E-state index contributed by atoms with van der Waals surface area (Å²) >= 11 is 5.18. The smallest absolute Gasteiger partial charge is 0.174 e. The zero-order chi connectivity index (χ0) is 10.8. The minimum atomic E-state index is 0.207. The normalized spacial score (nSPS) is 13.0. The molecule has 0 spiro atoms. The summed E-state index contributed by atoms with van der Waals surface area (Å²) in [7, 11) is 1.96. The molecule has 0 aliphatic carbocycles. The first kappa shape index (κ1) is 10.9. The average molecular weight is 286 g/mol. The van der Waals surface area contributed by atoms with Gasteiger partial charge in [-0.2, -0.15) is 0 Å². The first-order chi connectivity index (χ1) is 7.24. The maximum atomic E-state index is 5.27. The number of furan rings is 1. The molecule has 15 heavy (non-hydrogen) atoms. The Bertz CT molecular complexity index is 409. The minimum Gasteiger partial charge on any atom is -0.457 e. The predicted octanol–water partition coefficient (Wildman–Crippen LogP) is 3.72. The molecule has 0 aliphatic heterocycles. The number of hydrogen-bond acceptors (Lipinski definition) is 3. The number of aryl methyl sites for hydroxylation is 1. The summed E-state index contributed by atoms with van der Waals surface area (Å²) in [5.41, 5.74) is 2.45. The van der Waals surface area contributed by atoms with Gasteiger partial charge in [0.05, 0.1) is 12.3 Å². The van der Waals surface area contributed by atoms with Crippen LogP contribution in [0.25, 0.3) is 0 Å². The summed E-state index contributed by atoms with van der Waals surface area (Å²) in [5, 5.41) is 5.42. The average Bonchev–Trinajstić information content (AvgIpc) is 2.80. The molecule has 0 aliphatic rings. The molecule has 0 radical (unpaired) electrons. The summed E-state index contributed by atoms with van der Waals surface area (Å²) < 4.78 is 6.07. The molecule has 2 heterocycles. The van der Waals surface area contributed by atoms with Gasteiger partial charge in [-0.1, -0.05) is 0 Å². The van der Waals surface area contributed by atoms with Gasteiger partial charge in [0.1, 0.15) is 0 Å². The van der Waals surface area contributed by atoms with Crippen molar-refractivity contribution in [1.82, 2.24) is 5.32 Å². The van der Waals surface area contributed by atoms with Gasteiger partial charge in [-0.25, -0.2) is 0 Å². The van der Waals surface area contributed by atoms with E-state index in [4.69, 9.17) is 4.42 Å². The van der Waals surface area contributed by atoms with Crippen LogP contribution in [0.4, 0.5) is 0 Å². The van der Waals surface area contributed by atoms with Crippen LogP contribution >= 0.6 is 27.3 Å². The van der Waals surface area contributed by atoms with Crippen LogP contribution in [0.1, 0.15) is 22.0 Å². The van der Waals surface area contributed by atoms with Crippen molar-refractivity contribution in [3.05, 3.63) is 44.4 Å². The van der Waals surface area contributed by atoms with E-state index in [1.54, 1.807) is 17.6 Å². The lowest BCUT2D eigenvalue weighted by Gasteiger charge is -2.14. The Hall–Kier alpha value is -0.580. The quantitative estimate of drug-likeness (QED) is 0.930. The van der Waals surface area contributed by atoms with Crippen LogP contribution in [-0.4, -0.2) is 7.05 Å². The van der Waals surface area contributed by atoms with E-state index in [0.717, 1.165) is 10.2 Å². The van der Waals surface area contributed by atoms with Gasteiger partial charge >= 0.3 is 0 Å². The Morgan fingerprint density at radius 3 is 2.73 bits per heavy atom. The molecule has 4 heteroatoms. The van der Waals surface area contributed by atoms with Crippen molar-refractivity contribution in [2.24, 2.45) is 0 Å². The molecule has 0 bridgehead atoms. The molecule has 0 saturated carbocycles. The van der Waals surface area contributed by atoms with Crippen LogP contribution in [0, 0.1) is 6.92 Å². The second-order valence-electron chi connectivity index (χ2n) is 3.34. The lowest BCUT2D eigenvalue weighted by molar-refractivity contribution is 0.530. The molecule has 0 amide bonds. The fourth-order valence-electron chi connectivity index (χ4n) is 1.62. The molecule has 80 valence electrons. The molecule has 2 aromatic heterocycles. The first-order valence-electron chi connectivity index (χ1n) is 4.68. The van der Waals surface area contributed by atoms with E-state index in [1.807, 2.05) is 13.1 Å². The van der Waals surface area contributed by atoms with Crippen molar-refractivity contribution >= 4 is 27.3 Å². The number of thiophene rings is 1. The van der Waals surface area contributed by atoms with Crippen molar-refractivity contribution in [2.45, 2.75) is 13.0 Å². The molecule has 0 aromatic carbocycles. The van der Waals surface area contributed by atoms with E-state index >= 15 is 0 Å². The molecule has 1 unspecified atom stereocenters. The van der Waals surface area contributed by atoms with Crippen LogP contribution in [0.5, 0.6) is 0 Å². The summed E-state index contributed by atoms with van der Waals surface area (Å²) in [6.45, 7) is 2.13. The standard InChI is InChI=1S/C11H12BrNOS/c1-7-4-6-15-10(7)9(13-2)8-3-5-14-11(8)12/h3-6,9,13H,1-2H3. The van der Waals surface area contributed by atoms with Crippen LogP contribution in [0.15, 0.2) is 32.9 Å². The third kappa shape index (κ3) is 2.02. The monoisotopic (exact) mass is 285 g/mol. The summed E-state index contributed by atoms with van der Waals surface area (Å²) in [6, 6.07) is 4.33. The second-order valence-corrected chi connectivity index (χ2v) is 5.01. The van der Waals surface area contributed by atoms with E-state index < -0.39 is 0 Å². The van der Waals surface area contributed by atoms with E-state index in [9.17, 15) is 0 Å². The molecule has 2 aromatic rings. The van der Waals surface area contributed by atoms with Crippen LogP contribution < -0.4 is 5.32 Å². The van der Waals surface area contributed by atoms with Crippen molar-refractivity contribution < 1.29 is 4.42 Å². The van der Waals surface area contributed by atoms with Gasteiger partial charge in [0, 0.05) is 10.4 Å². The molecule has 2 nitrogen and oxygen atoms in total. The minimum absolute atomic E-state index is 0.207. The number of hydrogen-bond donors (Lipinski definition) is 1. The van der Waals surface area contributed by atoms with Gasteiger partial charge in [0.2, 0.25) is 0 Å². The van der Waals surface area contributed by atoms with Crippen molar-refractivity contribution in [2.75, 3.05) is 7.05 Å².